The zero-order chi connectivity index (χ0) is 17.8. The van der Waals surface area contributed by atoms with E-state index in [1.165, 1.54) is 24.3 Å². The maximum atomic E-state index is 12.9. The Bertz CT molecular complexity index is 776. The molecule has 0 aliphatic carbocycles. The van der Waals surface area contributed by atoms with Gasteiger partial charge in [0.2, 0.25) is 11.8 Å². The summed E-state index contributed by atoms with van der Waals surface area (Å²) >= 11 is 0. The van der Waals surface area contributed by atoms with E-state index >= 15 is 0 Å². The first-order valence-electron chi connectivity index (χ1n) is 8.02. The quantitative estimate of drug-likeness (QED) is 0.909. The highest BCUT2D eigenvalue weighted by Gasteiger charge is 2.34. The zero-order valence-electron chi connectivity index (χ0n) is 13.9. The van der Waals surface area contributed by atoms with E-state index in [0.717, 1.165) is 11.3 Å². The van der Waals surface area contributed by atoms with Gasteiger partial charge in [0.15, 0.2) is 0 Å². The molecule has 5 nitrogen and oxygen atoms in total. The van der Waals surface area contributed by atoms with Crippen molar-refractivity contribution in [3.8, 4) is 5.75 Å². The molecule has 1 aliphatic heterocycles. The minimum absolute atomic E-state index is 0.0536. The molecule has 0 saturated carbocycles. The molecule has 1 fully saturated rings. The molecular formula is C19H19FN2O3. The van der Waals surface area contributed by atoms with Gasteiger partial charge in [0.1, 0.15) is 11.6 Å². The second-order valence-corrected chi connectivity index (χ2v) is 6.02. The summed E-state index contributed by atoms with van der Waals surface area (Å²) in [6, 6.07) is 13.1. The van der Waals surface area contributed by atoms with Crippen molar-refractivity contribution in [1.29, 1.82) is 0 Å². The number of hydrogen-bond acceptors (Lipinski definition) is 3. The highest BCUT2D eigenvalue weighted by atomic mass is 19.1. The Hall–Kier alpha value is -2.89. The van der Waals surface area contributed by atoms with Crippen LogP contribution >= 0.6 is 0 Å². The van der Waals surface area contributed by atoms with Gasteiger partial charge in [0.05, 0.1) is 13.0 Å². The Morgan fingerprint density at radius 3 is 2.76 bits per heavy atom. The summed E-state index contributed by atoms with van der Waals surface area (Å²) in [6.45, 7) is 0.805. The third-order valence-corrected chi connectivity index (χ3v) is 4.20. The van der Waals surface area contributed by atoms with E-state index in [2.05, 4.69) is 5.32 Å². The number of methoxy groups -OCH3 is 1. The van der Waals surface area contributed by atoms with Crippen LogP contribution in [0.1, 0.15) is 12.0 Å². The molecule has 1 N–H and O–H groups in total. The molecule has 2 aromatic carbocycles. The van der Waals surface area contributed by atoms with Gasteiger partial charge in [-0.15, -0.1) is 0 Å². The number of anilines is 1. The molecule has 1 atom stereocenters. The van der Waals surface area contributed by atoms with Crippen LogP contribution < -0.4 is 10.1 Å². The second kappa shape index (κ2) is 7.34. The van der Waals surface area contributed by atoms with Crippen molar-refractivity contribution in [2.45, 2.75) is 13.0 Å². The van der Waals surface area contributed by atoms with E-state index in [-0.39, 0.29) is 24.1 Å². The summed E-state index contributed by atoms with van der Waals surface area (Å²) in [6.07, 6.45) is 0.178. The average Bonchev–Trinajstić information content (AvgIpc) is 2.98. The van der Waals surface area contributed by atoms with E-state index < -0.39 is 5.92 Å². The van der Waals surface area contributed by atoms with E-state index in [0.29, 0.717) is 18.8 Å². The molecule has 2 amide bonds. The van der Waals surface area contributed by atoms with Crippen LogP contribution in [0.25, 0.3) is 0 Å². The predicted molar refractivity (Wildman–Crippen MR) is 91.5 cm³/mol. The van der Waals surface area contributed by atoms with Crippen molar-refractivity contribution in [3.63, 3.8) is 0 Å². The third-order valence-electron chi connectivity index (χ3n) is 4.20. The maximum Gasteiger partial charge on any atom is 0.229 e. The average molecular weight is 342 g/mol. The summed E-state index contributed by atoms with van der Waals surface area (Å²) in [7, 11) is 1.59. The lowest BCUT2D eigenvalue weighted by Gasteiger charge is -2.17. The summed E-state index contributed by atoms with van der Waals surface area (Å²) in [5.41, 5.74) is 1.47. The lowest BCUT2D eigenvalue weighted by molar-refractivity contribution is -0.128. The number of likely N-dealkylation sites (tertiary alicyclic amines) is 1. The topological polar surface area (TPSA) is 58.6 Å². The van der Waals surface area contributed by atoms with Gasteiger partial charge in [-0.25, -0.2) is 4.39 Å². The van der Waals surface area contributed by atoms with Crippen molar-refractivity contribution < 1.29 is 18.7 Å². The van der Waals surface area contributed by atoms with Crippen LogP contribution in [0.5, 0.6) is 5.75 Å². The molecule has 0 spiro atoms. The maximum absolute atomic E-state index is 12.9. The van der Waals surface area contributed by atoms with Crippen LogP contribution in [0, 0.1) is 11.7 Å². The molecule has 0 unspecified atom stereocenters. The van der Waals surface area contributed by atoms with Crippen LogP contribution in [0.4, 0.5) is 10.1 Å². The molecule has 0 aromatic heterocycles. The molecular weight excluding hydrogens is 323 g/mol. The first-order chi connectivity index (χ1) is 12.0. The smallest absolute Gasteiger partial charge is 0.229 e. The van der Waals surface area contributed by atoms with Crippen molar-refractivity contribution in [1.82, 2.24) is 4.90 Å². The number of benzene rings is 2. The standard InChI is InChI=1S/C19H19FN2O3/c1-25-17-4-2-3-13(9-17)11-22-12-14(10-18(22)23)19(24)21-16-7-5-15(20)6-8-16/h2-9,14H,10-12H2,1H3,(H,21,24)/t14-/m0/s1. The number of halogens is 1. The van der Waals surface area contributed by atoms with E-state index in [1.807, 2.05) is 24.3 Å². The fourth-order valence-electron chi connectivity index (χ4n) is 2.87. The first-order valence-corrected chi connectivity index (χ1v) is 8.02. The van der Waals surface area contributed by atoms with Crippen molar-refractivity contribution in [3.05, 3.63) is 59.9 Å². The Labute approximate surface area is 145 Å². The third kappa shape index (κ3) is 4.15. The van der Waals surface area contributed by atoms with E-state index in [4.69, 9.17) is 4.74 Å². The first kappa shape index (κ1) is 17.0. The fourth-order valence-corrected chi connectivity index (χ4v) is 2.87. The van der Waals surface area contributed by atoms with Crippen molar-refractivity contribution in [2.24, 2.45) is 5.92 Å². The largest absolute Gasteiger partial charge is 0.497 e. The van der Waals surface area contributed by atoms with Gasteiger partial charge >= 0.3 is 0 Å². The normalized spacial score (nSPS) is 16.8. The fraction of sp³-hybridized carbons (Fsp3) is 0.263. The zero-order valence-corrected chi connectivity index (χ0v) is 13.9. The summed E-state index contributed by atoms with van der Waals surface area (Å²) < 4.78 is 18.1. The number of ether oxygens (including phenoxy) is 1. The van der Waals surface area contributed by atoms with Crippen LogP contribution in [-0.4, -0.2) is 30.4 Å². The number of rotatable bonds is 5. The minimum Gasteiger partial charge on any atom is -0.497 e. The summed E-state index contributed by atoms with van der Waals surface area (Å²) in [5, 5.41) is 2.73. The number of carbonyl (C=O) groups excluding carboxylic acids is 2. The van der Waals surface area contributed by atoms with E-state index in [1.54, 1.807) is 12.0 Å². The van der Waals surface area contributed by atoms with Gasteiger partial charge in [-0.1, -0.05) is 12.1 Å². The minimum atomic E-state index is -0.414. The molecule has 1 heterocycles. The molecule has 2 aromatic rings. The monoisotopic (exact) mass is 342 g/mol. The lowest BCUT2D eigenvalue weighted by Crippen LogP contribution is -2.28. The Morgan fingerprint density at radius 2 is 2.04 bits per heavy atom. The number of carbonyl (C=O) groups is 2. The molecule has 25 heavy (non-hydrogen) atoms. The Balaban J connectivity index is 1.61. The number of hydrogen-bond donors (Lipinski definition) is 1. The van der Waals surface area contributed by atoms with Gasteiger partial charge in [0, 0.05) is 25.2 Å². The Kier molecular flexibility index (Phi) is 4.97. The summed E-state index contributed by atoms with van der Waals surface area (Å²) in [4.78, 5) is 26.2. The Morgan fingerprint density at radius 1 is 1.28 bits per heavy atom. The van der Waals surface area contributed by atoms with E-state index in [9.17, 15) is 14.0 Å². The number of nitrogens with one attached hydrogen (secondary N) is 1. The van der Waals surface area contributed by atoms with Crippen molar-refractivity contribution >= 4 is 17.5 Å². The number of amides is 2. The number of nitrogens with zero attached hydrogens (tertiary/aromatic N) is 1. The van der Waals surface area contributed by atoms with Gasteiger partial charge in [-0.05, 0) is 42.0 Å². The second-order valence-electron chi connectivity index (χ2n) is 6.02. The molecule has 1 saturated heterocycles. The molecule has 6 heteroatoms. The van der Waals surface area contributed by atoms with Crippen molar-refractivity contribution in [2.75, 3.05) is 19.0 Å². The van der Waals surface area contributed by atoms with Gasteiger partial charge in [-0.2, -0.15) is 0 Å². The predicted octanol–water partition coefficient (Wildman–Crippen LogP) is 2.82. The SMILES string of the molecule is COc1cccc(CN2C[C@@H](C(=O)Nc3ccc(F)cc3)CC2=O)c1. The molecule has 0 bridgehead atoms. The molecule has 3 rings (SSSR count). The highest BCUT2D eigenvalue weighted by Crippen LogP contribution is 2.23. The van der Waals surface area contributed by atoms with Gasteiger partial charge < -0.3 is 15.0 Å². The summed E-state index contributed by atoms with van der Waals surface area (Å²) in [5.74, 6) is -0.327. The highest BCUT2D eigenvalue weighted by molar-refractivity contribution is 5.97. The lowest BCUT2D eigenvalue weighted by atomic mass is 10.1. The van der Waals surface area contributed by atoms with Crippen LogP contribution in [-0.2, 0) is 16.1 Å². The molecule has 1 aliphatic rings. The van der Waals surface area contributed by atoms with Crippen LogP contribution in [0.2, 0.25) is 0 Å². The van der Waals surface area contributed by atoms with Crippen LogP contribution in [0.3, 0.4) is 0 Å². The molecule has 0 radical (unpaired) electrons. The van der Waals surface area contributed by atoms with Gasteiger partial charge in [-0.3, -0.25) is 9.59 Å². The van der Waals surface area contributed by atoms with Gasteiger partial charge in [0.25, 0.3) is 0 Å². The van der Waals surface area contributed by atoms with Crippen LogP contribution in [0.15, 0.2) is 48.5 Å². The molecule has 130 valence electrons.